The molecule has 0 bridgehead atoms. The van der Waals surface area contributed by atoms with Crippen molar-refractivity contribution in [2.24, 2.45) is 5.10 Å². The van der Waals surface area contributed by atoms with Crippen LogP contribution in [0.3, 0.4) is 0 Å². The van der Waals surface area contributed by atoms with E-state index in [4.69, 9.17) is 23.2 Å². The second-order valence-electron chi connectivity index (χ2n) is 6.28. The Morgan fingerprint density at radius 2 is 1.85 bits per heavy atom. The van der Waals surface area contributed by atoms with Crippen LogP contribution in [0.4, 0.5) is 4.79 Å². The number of carbonyl (C=O) groups excluding carboxylic acids is 2. The van der Waals surface area contributed by atoms with Crippen molar-refractivity contribution >= 4 is 41.4 Å². The van der Waals surface area contributed by atoms with Gasteiger partial charge in [0.2, 0.25) is 0 Å². The Morgan fingerprint density at radius 1 is 1.12 bits per heavy atom. The molecule has 26 heavy (non-hydrogen) atoms. The highest BCUT2D eigenvalue weighted by atomic mass is 35.5. The van der Waals surface area contributed by atoms with E-state index in [-0.39, 0.29) is 5.91 Å². The fourth-order valence-electron chi connectivity index (χ4n) is 2.70. The summed E-state index contributed by atoms with van der Waals surface area (Å²) >= 11 is 11.8. The van der Waals surface area contributed by atoms with Crippen molar-refractivity contribution in [2.75, 3.05) is 0 Å². The van der Waals surface area contributed by atoms with Crippen molar-refractivity contribution in [1.82, 2.24) is 10.3 Å². The first-order chi connectivity index (χ1) is 12.4. The van der Waals surface area contributed by atoms with Gasteiger partial charge in [-0.3, -0.25) is 4.79 Å². The summed E-state index contributed by atoms with van der Waals surface area (Å²) in [5, 5.41) is 8.41. The number of nitrogens with zero attached hydrogens (tertiary/aromatic N) is 2. The third-order valence-corrected chi connectivity index (χ3v) is 5.00. The van der Waals surface area contributed by atoms with Crippen LogP contribution in [0.25, 0.3) is 0 Å². The average molecular weight is 390 g/mol. The molecule has 1 atom stereocenters. The van der Waals surface area contributed by atoms with Crippen molar-refractivity contribution in [1.29, 1.82) is 0 Å². The summed E-state index contributed by atoms with van der Waals surface area (Å²) in [5.74, 6) is -0.380. The zero-order valence-corrected chi connectivity index (χ0v) is 15.6. The largest absolute Gasteiger partial charge is 0.346 e. The summed E-state index contributed by atoms with van der Waals surface area (Å²) in [4.78, 5) is 24.9. The normalized spacial score (nSPS) is 20.0. The highest BCUT2D eigenvalue weighted by Crippen LogP contribution is 2.24. The van der Waals surface area contributed by atoms with Gasteiger partial charge in [-0.25, -0.2) is 4.79 Å². The van der Waals surface area contributed by atoms with Gasteiger partial charge in [0.1, 0.15) is 5.54 Å². The summed E-state index contributed by atoms with van der Waals surface area (Å²) in [7, 11) is 0. The second kappa shape index (κ2) is 7.48. The lowest BCUT2D eigenvalue weighted by Crippen LogP contribution is -2.44. The third kappa shape index (κ3) is 3.89. The number of hydrogen-bond donors (Lipinski definition) is 1. The number of hydrazone groups is 1. The van der Waals surface area contributed by atoms with E-state index in [9.17, 15) is 9.59 Å². The number of rotatable bonds is 5. The van der Waals surface area contributed by atoms with Crippen LogP contribution in [0.2, 0.25) is 10.0 Å². The van der Waals surface area contributed by atoms with Gasteiger partial charge in [0, 0.05) is 0 Å². The van der Waals surface area contributed by atoms with Gasteiger partial charge in [0.05, 0.1) is 16.3 Å². The fraction of sp³-hybridized carbons (Fsp3) is 0.211. The molecule has 0 spiro atoms. The van der Waals surface area contributed by atoms with Gasteiger partial charge in [-0.2, -0.15) is 5.10 Å². The minimum atomic E-state index is -0.984. The number of nitrogens with one attached hydrogen (secondary N) is 1. The van der Waals surface area contributed by atoms with Gasteiger partial charge in [-0.15, -0.1) is 5.01 Å². The molecule has 0 radical (unpaired) electrons. The van der Waals surface area contributed by atoms with Crippen molar-refractivity contribution in [2.45, 2.75) is 25.3 Å². The lowest BCUT2D eigenvalue weighted by Gasteiger charge is -2.20. The van der Waals surface area contributed by atoms with E-state index in [0.717, 1.165) is 10.6 Å². The van der Waals surface area contributed by atoms with Gasteiger partial charge in [-0.05, 0) is 43.0 Å². The van der Waals surface area contributed by atoms with Gasteiger partial charge < -0.3 is 5.32 Å². The molecule has 1 fully saturated rings. The average Bonchev–Trinajstić information content (AvgIpc) is 2.84. The van der Waals surface area contributed by atoms with Crippen LogP contribution in [0.1, 0.15) is 24.5 Å². The lowest BCUT2D eigenvalue weighted by atomic mass is 9.93. The van der Waals surface area contributed by atoms with Crippen molar-refractivity contribution in [3.05, 3.63) is 69.7 Å². The van der Waals surface area contributed by atoms with Crippen LogP contribution in [0.15, 0.2) is 53.6 Å². The standard InChI is InChI=1S/C19H17Cl2N3O2/c1-19(10-9-13-5-3-2-4-6-13)17(25)24(18(26)23-19)22-12-14-7-8-15(20)16(21)11-14/h2-8,11-12H,9-10H2,1H3,(H,23,26)/b22-12-/t19-/m1/s1. The number of amides is 3. The molecule has 1 N–H and O–H groups in total. The predicted octanol–water partition coefficient (Wildman–Crippen LogP) is 4.27. The number of urea groups is 1. The number of aryl methyl sites for hydroxylation is 1. The first kappa shape index (κ1) is 18.4. The molecule has 1 saturated heterocycles. The molecule has 0 saturated carbocycles. The number of halogens is 2. The molecule has 0 aliphatic carbocycles. The molecule has 0 unspecified atom stereocenters. The van der Waals surface area contributed by atoms with E-state index in [1.807, 2.05) is 30.3 Å². The van der Waals surface area contributed by atoms with E-state index in [1.54, 1.807) is 25.1 Å². The second-order valence-corrected chi connectivity index (χ2v) is 7.10. The Balaban J connectivity index is 1.71. The van der Waals surface area contributed by atoms with Crippen molar-refractivity contribution < 1.29 is 9.59 Å². The molecule has 3 rings (SSSR count). The van der Waals surface area contributed by atoms with E-state index >= 15 is 0 Å². The third-order valence-electron chi connectivity index (χ3n) is 4.26. The van der Waals surface area contributed by atoms with Gasteiger partial charge in [0.15, 0.2) is 0 Å². The first-order valence-corrected chi connectivity index (χ1v) is 8.84. The highest BCUT2D eigenvalue weighted by molar-refractivity contribution is 6.42. The van der Waals surface area contributed by atoms with Crippen LogP contribution in [0, 0.1) is 0 Å². The molecule has 3 amide bonds. The van der Waals surface area contributed by atoms with Crippen LogP contribution in [0.5, 0.6) is 0 Å². The minimum Gasteiger partial charge on any atom is -0.322 e. The van der Waals surface area contributed by atoms with Gasteiger partial charge >= 0.3 is 6.03 Å². The van der Waals surface area contributed by atoms with Crippen LogP contribution in [-0.2, 0) is 11.2 Å². The van der Waals surface area contributed by atoms with E-state index in [1.165, 1.54) is 6.21 Å². The molecule has 1 heterocycles. The monoisotopic (exact) mass is 389 g/mol. The summed E-state index contributed by atoms with van der Waals surface area (Å²) < 4.78 is 0. The van der Waals surface area contributed by atoms with Crippen LogP contribution in [-0.4, -0.2) is 28.7 Å². The summed E-state index contributed by atoms with van der Waals surface area (Å²) in [6.07, 6.45) is 2.57. The molecule has 0 aromatic heterocycles. The lowest BCUT2D eigenvalue weighted by molar-refractivity contribution is -0.130. The van der Waals surface area contributed by atoms with Gasteiger partial charge in [0.25, 0.3) is 5.91 Å². The van der Waals surface area contributed by atoms with E-state index < -0.39 is 11.6 Å². The summed E-state index contributed by atoms with van der Waals surface area (Å²) in [6, 6.07) is 14.2. The molecular weight excluding hydrogens is 373 g/mol. The summed E-state index contributed by atoms with van der Waals surface area (Å²) in [5.41, 5.74) is 0.758. The van der Waals surface area contributed by atoms with E-state index in [0.29, 0.717) is 28.5 Å². The zero-order valence-electron chi connectivity index (χ0n) is 14.1. The Kier molecular flexibility index (Phi) is 5.30. The molecular formula is C19H17Cl2N3O2. The van der Waals surface area contributed by atoms with Crippen LogP contribution >= 0.6 is 23.2 Å². The maximum absolute atomic E-state index is 12.7. The van der Waals surface area contributed by atoms with Crippen molar-refractivity contribution in [3.8, 4) is 0 Å². The molecule has 1 aliphatic heterocycles. The minimum absolute atomic E-state index is 0.375. The molecule has 2 aromatic rings. The van der Waals surface area contributed by atoms with Crippen molar-refractivity contribution in [3.63, 3.8) is 0 Å². The smallest absolute Gasteiger partial charge is 0.322 e. The number of hydrogen-bond acceptors (Lipinski definition) is 3. The Hall–Kier alpha value is -2.37. The number of benzene rings is 2. The molecule has 1 aliphatic rings. The maximum atomic E-state index is 12.7. The maximum Gasteiger partial charge on any atom is 0.346 e. The first-order valence-electron chi connectivity index (χ1n) is 8.09. The van der Waals surface area contributed by atoms with Crippen LogP contribution < -0.4 is 5.32 Å². The predicted molar refractivity (Wildman–Crippen MR) is 103 cm³/mol. The molecule has 2 aromatic carbocycles. The Labute approximate surface area is 161 Å². The SMILES string of the molecule is C[C@]1(CCc2ccccc2)NC(=O)N(/N=C\c2ccc(Cl)c(Cl)c2)C1=O. The zero-order chi connectivity index (χ0) is 18.7. The molecule has 134 valence electrons. The fourth-order valence-corrected chi connectivity index (χ4v) is 3.01. The Bertz CT molecular complexity index is 870. The van der Waals surface area contributed by atoms with E-state index in [2.05, 4.69) is 10.4 Å². The molecule has 5 nitrogen and oxygen atoms in total. The Morgan fingerprint density at radius 3 is 2.54 bits per heavy atom. The quantitative estimate of drug-likeness (QED) is 0.612. The topological polar surface area (TPSA) is 61.8 Å². The summed E-state index contributed by atoms with van der Waals surface area (Å²) in [6.45, 7) is 1.71. The molecule has 7 heteroatoms. The highest BCUT2D eigenvalue weighted by Gasteiger charge is 2.47. The number of imide groups is 1. The number of carbonyl (C=O) groups is 2. The van der Waals surface area contributed by atoms with Gasteiger partial charge in [-0.1, -0.05) is 59.6 Å².